The van der Waals surface area contributed by atoms with E-state index in [0.717, 1.165) is 23.3 Å². The Morgan fingerprint density at radius 2 is 1.17 bits per heavy atom. The van der Waals surface area contributed by atoms with E-state index in [1.165, 1.54) is 7.11 Å². The fraction of sp³-hybridized carbons (Fsp3) is 0.269. The molecule has 2 atom stereocenters. The summed E-state index contributed by atoms with van der Waals surface area (Å²) in [5.41, 5.74) is 1.70. The summed E-state index contributed by atoms with van der Waals surface area (Å²) in [7, 11) is 1.51. The highest BCUT2D eigenvalue weighted by Crippen LogP contribution is 2.35. The molecule has 0 aliphatic rings. The summed E-state index contributed by atoms with van der Waals surface area (Å²) in [6, 6.07) is 16.4. The van der Waals surface area contributed by atoms with Crippen molar-refractivity contribution in [2.45, 2.75) is 12.2 Å². The second-order valence-corrected chi connectivity index (χ2v) is 7.90. The lowest BCUT2D eigenvalue weighted by Gasteiger charge is -2.14. The van der Waals surface area contributed by atoms with Gasteiger partial charge in [-0.3, -0.25) is 0 Å². The third-order valence-corrected chi connectivity index (χ3v) is 5.00. The van der Waals surface area contributed by atoms with Gasteiger partial charge in [-0.25, -0.2) is 4.79 Å². The molecule has 0 saturated heterocycles. The molecule has 3 aromatic rings. The molecule has 0 aromatic heterocycles. The molecule has 0 radical (unpaired) electrons. The second kappa shape index (κ2) is 12.6. The zero-order valence-corrected chi connectivity index (χ0v) is 19.5. The molecule has 0 spiro atoms. The van der Waals surface area contributed by atoms with E-state index in [0.29, 0.717) is 11.5 Å². The van der Waals surface area contributed by atoms with Gasteiger partial charge in [-0.2, -0.15) is 0 Å². The third-order valence-electron chi connectivity index (χ3n) is 5.00. The maximum Gasteiger partial charge on any atom is 0.338 e. The molecule has 0 saturated carbocycles. The van der Waals surface area contributed by atoms with Crippen molar-refractivity contribution in [2.75, 3.05) is 33.5 Å². The first kappa shape index (κ1) is 26.6. The van der Waals surface area contributed by atoms with Crippen molar-refractivity contribution in [1.82, 2.24) is 0 Å². The standard InChI is InChI=1S/C26H28O10/c1-33-12-19(27)13-34-21-6-2-16(3-7-21)17-4-8-22(9-5-17)35-14-20(28)15-36-26(32)18-10-23(29)25(31)24(30)11-18/h2-11,19-20,27-31H,12-15H2,1H3. The number of esters is 1. The number of carbonyl (C=O) groups excluding carboxylic acids is 1. The van der Waals surface area contributed by atoms with E-state index in [4.69, 9.17) is 18.9 Å². The van der Waals surface area contributed by atoms with Crippen LogP contribution in [0.25, 0.3) is 11.1 Å². The minimum atomic E-state index is -1.12. The number of ether oxygens (including phenoxy) is 4. The Balaban J connectivity index is 1.45. The Labute approximate surface area is 207 Å². The second-order valence-electron chi connectivity index (χ2n) is 7.90. The van der Waals surface area contributed by atoms with Gasteiger partial charge < -0.3 is 44.5 Å². The Bertz CT molecular complexity index is 1110. The van der Waals surface area contributed by atoms with Crippen LogP contribution in [0.15, 0.2) is 60.7 Å². The molecule has 5 N–H and O–H groups in total. The van der Waals surface area contributed by atoms with Gasteiger partial charge in [0.25, 0.3) is 0 Å². The molecule has 10 nitrogen and oxygen atoms in total. The van der Waals surface area contributed by atoms with E-state index in [-0.39, 0.29) is 32.0 Å². The van der Waals surface area contributed by atoms with E-state index >= 15 is 0 Å². The largest absolute Gasteiger partial charge is 0.504 e. The van der Waals surface area contributed by atoms with Gasteiger partial charge >= 0.3 is 5.97 Å². The topological polar surface area (TPSA) is 155 Å². The molecule has 0 heterocycles. The maximum atomic E-state index is 12.0. The minimum absolute atomic E-state index is 0.133. The molecule has 3 aromatic carbocycles. The normalized spacial score (nSPS) is 12.5. The Hall–Kier alpha value is -3.99. The number of aliphatic hydroxyl groups is 2. The molecule has 0 aliphatic carbocycles. The average molecular weight is 501 g/mol. The molecule has 2 unspecified atom stereocenters. The summed E-state index contributed by atoms with van der Waals surface area (Å²) < 4.78 is 20.9. The fourth-order valence-corrected chi connectivity index (χ4v) is 3.14. The molecule has 0 bridgehead atoms. The van der Waals surface area contributed by atoms with Crippen LogP contribution in [0.3, 0.4) is 0 Å². The lowest BCUT2D eigenvalue weighted by atomic mass is 10.1. The summed E-state index contributed by atoms with van der Waals surface area (Å²) in [6.45, 7) is -0.185. The van der Waals surface area contributed by atoms with E-state index in [1.807, 2.05) is 24.3 Å². The van der Waals surface area contributed by atoms with Crippen LogP contribution in [0.5, 0.6) is 28.7 Å². The Kier molecular flexibility index (Phi) is 9.34. The number of phenols is 3. The molecular formula is C26H28O10. The van der Waals surface area contributed by atoms with Crippen molar-refractivity contribution in [2.24, 2.45) is 0 Å². The van der Waals surface area contributed by atoms with Gasteiger partial charge in [-0.05, 0) is 47.5 Å². The van der Waals surface area contributed by atoms with E-state index in [2.05, 4.69) is 0 Å². The van der Waals surface area contributed by atoms with Crippen LogP contribution in [0.2, 0.25) is 0 Å². The number of aliphatic hydroxyl groups excluding tert-OH is 2. The number of hydrogen-bond acceptors (Lipinski definition) is 10. The van der Waals surface area contributed by atoms with Crippen molar-refractivity contribution in [3.8, 4) is 39.9 Å². The highest BCUT2D eigenvalue weighted by atomic mass is 16.5. The third kappa shape index (κ3) is 7.51. The molecule has 3 rings (SSSR count). The smallest absolute Gasteiger partial charge is 0.338 e. The number of rotatable bonds is 12. The molecule has 0 amide bonds. The lowest BCUT2D eigenvalue weighted by molar-refractivity contribution is 0.0130. The van der Waals surface area contributed by atoms with Crippen LogP contribution in [0.1, 0.15) is 10.4 Å². The van der Waals surface area contributed by atoms with Crippen molar-refractivity contribution in [3.05, 3.63) is 66.2 Å². The maximum absolute atomic E-state index is 12.0. The zero-order chi connectivity index (χ0) is 26.1. The van der Waals surface area contributed by atoms with Gasteiger partial charge in [0.05, 0.1) is 12.2 Å². The summed E-state index contributed by atoms with van der Waals surface area (Å²) in [5.74, 6) is -1.85. The van der Waals surface area contributed by atoms with Crippen LogP contribution >= 0.6 is 0 Å². The van der Waals surface area contributed by atoms with Gasteiger partial charge in [0.15, 0.2) is 17.2 Å². The lowest BCUT2D eigenvalue weighted by Crippen LogP contribution is -2.25. The van der Waals surface area contributed by atoms with Gasteiger partial charge in [-0.15, -0.1) is 0 Å². The first-order chi connectivity index (χ1) is 17.3. The van der Waals surface area contributed by atoms with E-state index in [9.17, 15) is 30.3 Å². The summed E-state index contributed by atoms with van der Waals surface area (Å²) in [6.07, 6.45) is -1.82. The highest BCUT2D eigenvalue weighted by Gasteiger charge is 2.16. The number of carbonyl (C=O) groups is 1. The van der Waals surface area contributed by atoms with Gasteiger partial charge in [-0.1, -0.05) is 24.3 Å². The monoisotopic (exact) mass is 500 g/mol. The van der Waals surface area contributed by atoms with Crippen molar-refractivity contribution in [1.29, 1.82) is 0 Å². The SMILES string of the molecule is COCC(O)COc1ccc(-c2ccc(OCC(O)COC(=O)c3cc(O)c(O)c(O)c3)cc2)cc1. The number of benzene rings is 3. The average Bonchev–Trinajstić information content (AvgIpc) is 2.88. The van der Waals surface area contributed by atoms with Gasteiger partial charge in [0.2, 0.25) is 0 Å². The van der Waals surface area contributed by atoms with Gasteiger partial charge in [0, 0.05) is 7.11 Å². The van der Waals surface area contributed by atoms with Crippen LogP contribution in [-0.4, -0.2) is 77.2 Å². The van der Waals surface area contributed by atoms with Crippen molar-refractivity contribution in [3.63, 3.8) is 0 Å². The number of phenolic OH excluding ortho intramolecular Hbond substituents is 3. The van der Waals surface area contributed by atoms with Crippen molar-refractivity contribution >= 4 is 5.97 Å². The molecule has 0 aliphatic heterocycles. The van der Waals surface area contributed by atoms with Crippen molar-refractivity contribution < 1.29 is 49.3 Å². The molecule has 0 fully saturated rings. The zero-order valence-electron chi connectivity index (χ0n) is 19.5. The number of hydrogen-bond donors (Lipinski definition) is 5. The van der Waals surface area contributed by atoms with E-state index in [1.54, 1.807) is 24.3 Å². The molecular weight excluding hydrogens is 472 g/mol. The minimum Gasteiger partial charge on any atom is -0.504 e. The Morgan fingerprint density at radius 1 is 0.722 bits per heavy atom. The first-order valence-corrected chi connectivity index (χ1v) is 11.0. The number of aromatic hydroxyl groups is 3. The number of methoxy groups -OCH3 is 1. The first-order valence-electron chi connectivity index (χ1n) is 11.0. The van der Waals surface area contributed by atoms with E-state index < -0.39 is 35.4 Å². The predicted molar refractivity (Wildman–Crippen MR) is 128 cm³/mol. The quantitative estimate of drug-likeness (QED) is 0.185. The van der Waals surface area contributed by atoms with Crippen LogP contribution in [0.4, 0.5) is 0 Å². The fourth-order valence-electron chi connectivity index (χ4n) is 3.14. The predicted octanol–water partition coefficient (Wildman–Crippen LogP) is 2.45. The summed E-state index contributed by atoms with van der Waals surface area (Å²) in [5, 5.41) is 48.0. The van der Waals surface area contributed by atoms with Gasteiger partial charge in [0.1, 0.15) is 43.5 Å². The van der Waals surface area contributed by atoms with Crippen LogP contribution in [-0.2, 0) is 9.47 Å². The molecule has 192 valence electrons. The Morgan fingerprint density at radius 3 is 1.61 bits per heavy atom. The highest BCUT2D eigenvalue weighted by molar-refractivity contribution is 5.91. The van der Waals surface area contributed by atoms with Crippen LogP contribution < -0.4 is 9.47 Å². The molecule has 10 heteroatoms. The van der Waals surface area contributed by atoms with Crippen LogP contribution in [0, 0.1) is 0 Å². The summed E-state index contributed by atoms with van der Waals surface area (Å²) in [4.78, 5) is 12.0. The molecule has 36 heavy (non-hydrogen) atoms. The summed E-state index contributed by atoms with van der Waals surface area (Å²) >= 11 is 0.